The summed E-state index contributed by atoms with van der Waals surface area (Å²) in [6.45, 7) is 0. The molecule has 0 aliphatic heterocycles. The maximum absolute atomic E-state index is 2.27. The first-order valence-electron chi connectivity index (χ1n) is 13.0. The fourth-order valence-electron chi connectivity index (χ4n) is 4.63. The molecule has 0 saturated carbocycles. The van der Waals surface area contributed by atoms with E-state index in [1.165, 1.54) is 28.7 Å². The van der Waals surface area contributed by atoms with Gasteiger partial charge in [0.05, 0.1) is 0 Å². The Bertz CT molecular complexity index is 1170. The summed E-state index contributed by atoms with van der Waals surface area (Å²) in [7, 11) is -0.877. The minimum absolute atomic E-state index is 0.877. The third kappa shape index (κ3) is 6.69. The van der Waals surface area contributed by atoms with Crippen molar-refractivity contribution in [3.8, 4) is 0 Å². The second kappa shape index (κ2) is 13.6. The van der Waals surface area contributed by atoms with Crippen LogP contribution in [0.4, 0.5) is 0 Å². The van der Waals surface area contributed by atoms with E-state index in [1.807, 2.05) is 0 Å². The van der Waals surface area contributed by atoms with E-state index in [-0.39, 0.29) is 0 Å². The van der Waals surface area contributed by atoms with Crippen LogP contribution in [0.1, 0.15) is 0 Å². The van der Waals surface area contributed by atoms with Gasteiger partial charge >= 0.3 is 119 Å². The predicted molar refractivity (Wildman–Crippen MR) is 168 cm³/mol. The van der Waals surface area contributed by atoms with E-state index in [2.05, 4.69) is 182 Å². The van der Waals surface area contributed by atoms with Gasteiger partial charge in [0, 0.05) is 0 Å². The molecular weight excluding hydrogens is 533 g/mol. The zero-order valence-electron chi connectivity index (χ0n) is 21.3. The fourth-order valence-corrected chi connectivity index (χ4v) is 12.6. The summed E-state index contributed by atoms with van der Waals surface area (Å²) in [5.41, 5.74) is 0. The standard InChI is InChI=1S/C18H15Ge.C18H15Si/c2*1-4-10-16(11-5-1)19(17-12-6-2-7-13-17)18-14-8-3-9-15-18/h2*1-15H. The molecule has 2 radical (unpaired) electrons. The zero-order valence-corrected chi connectivity index (χ0v) is 24.4. The van der Waals surface area contributed by atoms with Crippen LogP contribution in [-0.2, 0) is 0 Å². The van der Waals surface area contributed by atoms with Gasteiger partial charge in [0.1, 0.15) is 0 Å². The van der Waals surface area contributed by atoms with Crippen LogP contribution in [-0.4, -0.2) is 23.1 Å². The quantitative estimate of drug-likeness (QED) is 0.208. The number of hydrogen-bond acceptors (Lipinski definition) is 0. The Labute approximate surface area is 233 Å². The summed E-state index contributed by atoms with van der Waals surface area (Å²) < 4.78 is 4.50. The number of benzene rings is 6. The molecule has 182 valence electrons. The van der Waals surface area contributed by atoms with Crippen LogP contribution in [0.15, 0.2) is 182 Å². The molecule has 0 fully saturated rings. The molecule has 0 nitrogen and oxygen atoms in total. The molecule has 0 atom stereocenters. The molecule has 0 saturated heterocycles. The average molecular weight is 563 g/mol. The zero-order chi connectivity index (χ0) is 25.8. The van der Waals surface area contributed by atoms with Gasteiger partial charge < -0.3 is 0 Å². The van der Waals surface area contributed by atoms with Crippen molar-refractivity contribution >= 4 is 51.9 Å². The van der Waals surface area contributed by atoms with E-state index in [4.69, 9.17) is 0 Å². The van der Waals surface area contributed by atoms with E-state index >= 15 is 0 Å². The van der Waals surface area contributed by atoms with Crippen LogP contribution in [0.25, 0.3) is 0 Å². The Balaban J connectivity index is 0.000000155. The van der Waals surface area contributed by atoms with E-state index in [0.29, 0.717) is 0 Å². The normalized spacial score (nSPS) is 10.6. The van der Waals surface area contributed by atoms with Gasteiger partial charge in [-0.15, -0.1) is 0 Å². The van der Waals surface area contributed by atoms with Crippen LogP contribution in [0.2, 0.25) is 0 Å². The minimum atomic E-state index is -1.63. The molecule has 0 N–H and O–H groups in total. The summed E-state index contributed by atoms with van der Waals surface area (Å²) in [6, 6.07) is 65.3. The van der Waals surface area contributed by atoms with Gasteiger partial charge in [-0.05, 0) is 0 Å². The smallest absolute Gasteiger partial charge is 0.0624 e. The molecule has 6 rings (SSSR count). The second-order valence-electron chi connectivity index (χ2n) is 8.95. The van der Waals surface area contributed by atoms with Crippen molar-refractivity contribution in [1.29, 1.82) is 0 Å². The maximum Gasteiger partial charge on any atom is 0.154 e. The molecule has 2 heteroatoms. The molecule has 0 aliphatic rings. The maximum atomic E-state index is 2.27. The molecule has 6 aromatic carbocycles. The molecule has 0 amide bonds. The van der Waals surface area contributed by atoms with E-state index in [9.17, 15) is 0 Å². The fraction of sp³-hybridized carbons (Fsp3) is 0. The Hall–Kier alpha value is -3.92. The van der Waals surface area contributed by atoms with E-state index < -0.39 is 23.1 Å². The third-order valence-corrected chi connectivity index (χ3v) is 14.8. The Morgan fingerprint density at radius 2 is 0.474 bits per heavy atom. The van der Waals surface area contributed by atoms with Crippen molar-refractivity contribution < 1.29 is 0 Å². The van der Waals surface area contributed by atoms with Crippen molar-refractivity contribution in [1.82, 2.24) is 0 Å². The summed E-state index contributed by atoms with van der Waals surface area (Å²) in [4.78, 5) is 0. The number of hydrogen-bond donors (Lipinski definition) is 0. The minimum Gasteiger partial charge on any atom is -0.0624 e. The SMILES string of the molecule is c1cc[c]([Ge]([c]2ccccc2)[c]2ccccc2)cc1.c1ccc([Si](c2ccccc2)c2ccccc2)cc1. The van der Waals surface area contributed by atoms with E-state index in [0.717, 1.165) is 0 Å². The van der Waals surface area contributed by atoms with Gasteiger partial charge in [-0.2, -0.15) is 0 Å². The Kier molecular flexibility index (Phi) is 9.19. The predicted octanol–water partition coefficient (Wildman–Crippen LogP) is 4.41. The summed E-state index contributed by atoms with van der Waals surface area (Å²) in [5.74, 6) is 0. The summed E-state index contributed by atoms with van der Waals surface area (Å²) in [6.07, 6.45) is 0. The molecule has 0 aliphatic carbocycles. The Morgan fingerprint density at radius 3 is 0.711 bits per heavy atom. The molecule has 0 heterocycles. The summed E-state index contributed by atoms with van der Waals surface area (Å²) >= 11 is -1.63. The first-order chi connectivity index (χ1) is 18.9. The van der Waals surface area contributed by atoms with Crippen molar-refractivity contribution in [3.05, 3.63) is 182 Å². The van der Waals surface area contributed by atoms with Crippen LogP contribution in [0.3, 0.4) is 0 Å². The molecule has 6 aromatic rings. The van der Waals surface area contributed by atoms with Gasteiger partial charge in [0.25, 0.3) is 0 Å². The number of rotatable bonds is 6. The van der Waals surface area contributed by atoms with Crippen LogP contribution in [0, 0.1) is 0 Å². The van der Waals surface area contributed by atoms with Gasteiger partial charge in [-0.1, -0.05) is 107 Å². The van der Waals surface area contributed by atoms with Crippen LogP contribution < -0.4 is 28.7 Å². The largest absolute Gasteiger partial charge is 0.154 e. The first-order valence-corrected chi connectivity index (χ1v) is 17.6. The van der Waals surface area contributed by atoms with Crippen molar-refractivity contribution in [3.63, 3.8) is 0 Å². The molecule has 38 heavy (non-hydrogen) atoms. The van der Waals surface area contributed by atoms with Crippen LogP contribution >= 0.6 is 0 Å². The summed E-state index contributed by atoms with van der Waals surface area (Å²) in [5, 5.41) is 4.31. The van der Waals surface area contributed by atoms with Gasteiger partial charge in [-0.3, -0.25) is 0 Å². The van der Waals surface area contributed by atoms with Crippen LogP contribution in [0.5, 0.6) is 0 Å². The third-order valence-electron chi connectivity index (χ3n) is 6.37. The Morgan fingerprint density at radius 1 is 0.263 bits per heavy atom. The van der Waals surface area contributed by atoms with Gasteiger partial charge in [-0.25, -0.2) is 0 Å². The average Bonchev–Trinajstić information content (AvgIpc) is 3.01. The molecule has 0 unspecified atom stereocenters. The monoisotopic (exact) mass is 564 g/mol. The molecule has 0 spiro atoms. The van der Waals surface area contributed by atoms with Gasteiger partial charge in [0.15, 0.2) is 8.80 Å². The van der Waals surface area contributed by atoms with Gasteiger partial charge in [0.2, 0.25) is 0 Å². The first kappa shape index (κ1) is 25.7. The van der Waals surface area contributed by atoms with E-state index in [1.54, 1.807) is 0 Å². The van der Waals surface area contributed by atoms with Crippen molar-refractivity contribution in [2.45, 2.75) is 0 Å². The molecular formula is C36H30GeSi. The van der Waals surface area contributed by atoms with Crippen molar-refractivity contribution in [2.75, 3.05) is 0 Å². The second-order valence-corrected chi connectivity index (χ2v) is 16.6. The van der Waals surface area contributed by atoms with Crippen molar-refractivity contribution in [2.24, 2.45) is 0 Å². The topological polar surface area (TPSA) is 0 Å². The molecule has 0 aromatic heterocycles. The molecule has 0 bridgehead atoms.